The maximum atomic E-state index is 13.0. The number of carbonyl (C=O) groups excluding carboxylic acids is 1. The number of carbonyl (C=O) groups is 1. The molecule has 1 aromatic rings. The van der Waals surface area contributed by atoms with Crippen molar-refractivity contribution in [3.8, 4) is 0 Å². The van der Waals surface area contributed by atoms with Gasteiger partial charge in [-0.3, -0.25) is 4.79 Å². The molecule has 0 bridgehead atoms. The Bertz CT molecular complexity index is 407. The Morgan fingerprint density at radius 1 is 1.39 bits per heavy atom. The zero-order valence-corrected chi connectivity index (χ0v) is 11.4. The summed E-state index contributed by atoms with van der Waals surface area (Å²) < 4.78 is 13.0. The minimum absolute atomic E-state index is 0.0427. The molecule has 100 valence electrons. The van der Waals surface area contributed by atoms with Crippen LogP contribution < -0.4 is 5.32 Å². The van der Waals surface area contributed by atoms with Gasteiger partial charge in [0, 0.05) is 20.1 Å². The molecule has 1 N–H and O–H groups in total. The first kappa shape index (κ1) is 14.6. The van der Waals surface area contributed by atoms with Crippen molar-refractivity contribution in [1.82, 2.24) is 10.2 Å². The molecule has 0 aliphatic carbocycles. The molecule has 0 aliphatic heterocycles. The van der Waals surface area contributed by atoms with Gasteiger partial charge in [-0.25, -0.2) is 4.39 Å². The van der Waals surface area contributed by atoms with Crippen molar-refractivity contribution in [2.45, 2.75) is 32.4 Å². The van der Waals surface area contributed by atoms with Crippen molar-refractivity contribution in [2.24, 2.45) is 0 Å². The molecule has 1 rings (SSSR count). The summed E-state index contributed by atoms with van der Waals surface area (Å²) in [5.41, 5.74) is 0.930. The molecular weight excluding hydrogens is 231 g/mol. The molecule has 3 nitrogen and oxygen atoms in total. The summed E-state index contributed by atoms with van der Waals surface area (Å²) in [7, 11) is 3.47. The topological polar surface area (TPSA) is 32.3 Å². The van der Waals surface area contributed by atoms with E-state index in [-0.39, 0.29) is 23.8 Å². The first-order valence-electron chi connectivity index (χ1n) is 6.12. The molecule has 0 spiro atoms. The fourth-order valence-corrected chi connectivity index (χ4v) is 1.96. The van der Waals surface area contributed by atoms with E-state index in [1.54, 1.807) is 25.1 Å². The van der Waals surface area contributed by atoms with Crippen LogP contribution in [0.5, 0.6) is 0 Å². The summed E-state index contributed by atoms with van der Waals surface area (Å²) in [6.07, 6.45) is 0.697. The molecule has 1 aromatic carbocycles. The number of hydrogen-bond acceptors (Lipinski definition) is 2. The van der Waals surface area contributed by atoms with Gasteiger partial charge in [0.1, 0.15) is 5.82 Å². The van der Waals surface area contributed by atoms with Crippen LogP contribution >= 0.6 is 0 Å². The molecule has 0 aliphatic rings. The van der Waals surface area contributed by atoms with E-state index in [9.17, 15) is 9.18 Å². The lowest BCUT2D eigenvalue weighted by molar-refractivity contribution is -0.130. The highest BCUT2D eigenvalue weighted by Gasteiger charge is 2.16. The van der Waals surface area contributed by atoms with E-state index in [0.29, 0.717) is 6.42 Å². The van der Waals surface area contributed by atoms with E-state index in [2.05, 4.69) is 5.32 Å². The number of nitrogens with zero attached hydrogens (tertiary/aromatic N) is 1. The predicted molar refractivity (Wildman–Crippen MR) is 70.9 cm³/mol. The molecule has 2 atom stereocenters. The van der Waals surface area contributed by atoms with Gasteiger partial charge in [0.15, 0.2) is 0 Å². The van der Waals surface area contributed by atoms with Crippen LogP contribution in [0.2, 0.25) is 0 Å². The highest BCUT2D eigenvalue weighted by atomic mass is 19.1. The third-order valence-electron chi connectivity index (χ3n) is 2.78. The van der Waals surface area contributed by atoms with E-state index in [0.717, 1.165) is 5.56 Å². The van der Waals surface area contributed by atoms with Crippen LogP contribution in [0, 0.1) is 5.82 Å². The lowest BCUT2D eigenvalue weighted by Gasteiger charge is -2.22. The molecule has 1 amide bonds. The molecule has 0 fully saturated rings. The molecular formula is C14H21FN2O. The second kappa shape index (κ2) is 6.50. The van der Waals surface area contributed by atoms with E-state index < -0.39 is 0 Å². The Kier molecular flexibility index (Phi) is 5.28. The summed E-state index contributed by atoms with van der Waals surface area (Å²) >= 11 is 0. The standard InChI is InChI=1S/C14H21FN2O/c1-10(16-11(2)14(18)17(3)4)8-12-6-5-7-13(15)9-12/h5-7,9-11,16H,8H2,1-4H3. The summed E-state index contributed by atoms with van der Waals surface area (Å²) in [5, 5.41) is 3.22. The second-order valence-corrected chi connectivity index (χ2v) is 4.86. The van der Waals surface area contributed by atoms with E-state index in [4.69, 9.17) is 0 Å². The van der Waals surface area contributed by atoms with Crippen molar-refractivity contribution in [3.63, 3.8) is 0 Å². The maximum absolute atomic E-state index is 13.0. The minimum Gasteiger partial charge on any atom is -0.347 e. The van der Waals surface area contributed by atoms with Crippen LogP contribution in [-0.2, 0) is 11.2 Å². The van der Waals surface area contributed by atoms with Gasteiger partial charge in [-0.05, 0) is 38.0 Å². The Labute approximate surface area is 108 Å². The van der Waals surface area contributed by atoms with Crippen LogP contribution in [0.4, 0.5) is 4.39 Å². The predicted octanol–water partition coefficient (Wildman–Crippen LogP) is 1.82. The quantitative estimate of drug-likeness (QED) is 0.867. The lowest BCUT2D eigenvalue weighted by Crippen LogP contribution is -2.45. The van der Waals surface area contributed by atoms with Crippen LogP contribution in [-0.4, -0.2) is 37.0 Å². The van der Waals surface area contributed by atoms with Gasteiger partial charge < -0.3 is 10.2 Å². The van der Waals surface area contributed by atoms with E-state index >= 15 is 0 Å². The van der Waals surface area contributed by atoms with E-state index in [1.807, 2.05) is 19.9 Å². The highest BCUT2D eigenvalue weighted by Crippen LogP contribution is 2.07. The number of amides is 1. The Morgan fingerprint density at radius 3 is 2.61 bits per heavy atom. The zero-order chi connectivity index (χ0) is 13.7. The third kappa shape index (κ3) is 4.45. The molecule has 4 heteroatoms. The van der Waals surface area contributed by atoms with Crippen LogP contribution in [0.15, 0.2) is 24.3 Å². The number of rotatable bonds is 5. The summed E-state index contributed by atoms with van der Waals surface area (Å²) in [6.45, 7) is 3.83. The lowest BCUT2D eigenvalue weighted by atomic mass is 10.1. The van der Waals surface area contributed by atoms with Gasteiger partial charge in [-0.15, -0.1) is 0 Å². The first-order valence-corrected chi connectivity index (χ1v) is 6.12. The van der Waals surface area contributed by atoms with Crippen molar-refractivity contribution >= 4 is 5.91 Å². The molecule has 2 unspecified atom stereocenters. The molecule has 0 saturated heterocycles. The number of nitrogens with one attached hydrogen (secondary N) is 1. The second-order valence-electron chi connectivity index (χ2n) is 4.86. The van der Waals surface area contributed by atoms with Crippen molar-refractivity contribution in [3.05, 3.63) is 35.6 Å². The van der Waals surface area contributed by atoms with Gasteiger partial charge in [0.2, 0.25) is 5.91 Å². The fourth-order valence-electron chi connectivity index (χ4n) is 1.96. The van der Waals surface area contributed by atoms with Crippen molar-refractivity contribution in [2.75, 3.05) is 14.1 Å². The average molecular weight is 252 g/mol. The summed E-state index contributed by atoms with van der Waals surface area (Å²) in [4.78, 5) is 13.3. The smallest absolute Gasteiger partial charge is 0.238 e. The van der Waals surface area contributed by atoms with Crippen LogP contribution in [0.1, 0.15) is 19.4 Å². The number of halogens is 1. The van der Waals surface area contributed by atoms with E-state index in [1.165, 1.54) is 12.1 Å². The van der Waals surface area contributed by atoms with Gasteiger partial charge in [-0.2, -0.15) is 0 Å². The Morgan fingerprint density at radius 2 is 2.06 bits per heavy atom. The molecule has 18 heavy (non-hydrogen) atoms. The minimum atomic E-state index is -0.233. The Hall–Kier alpha value is -1.42. The molecule has 0 saturated carbocycles. The highest BCUT2D eigenvalue weighted by molar-refractivity contribution is 5.80. The number of hydrogen-bond donors (Lipinski definition) is 1. The normalized spacial score (nSPS) is 14.1. The van der Waals surface area contributed by atoms with Crippen molar-refractivity contribution < 1.29 is 9.18 Å². The molecule has 0 heterocycles. The average Bonchev–Trinajstić information content (AvgIpc) is 2.27. The van der Waals surface area contributed by atoms with Crippen molar-refractivity contribution in [1.29, 1.82) is 0 Å². The Balaban J connectivity index is 2.51. The van der Waals surface area contributed by atoms with Gasteiger partial charge >= 0.3 is 0 Å². The zero-order valence-electron chi connectivity index (χ0n) is 11.4. The SMILES string of the molecule is CC(Cc1cccc(F)c1)NC(C)C(=O)N(C)C. The third-order valence-corrected chi connectivity index (χ3v) is 2.78. The number of likely N-dealkylation sites (N-methyl/N-ethyl adjacent to an activating group) is 1. The van der Waals surface area contributed by atoms with Gasteiger partial charge in [-0.1, -0.05) is 12.1 Å². The maximum Gasteiger partial charge on any atom is 0.238 e. The summed E-state index contributed by atoms with van der Waals surface area (Å²) in [5.74, 6) is -0.182. The van der Waals surface area contributed by atoms with Crippen LogP contribution in [0.3, 0.4) is 0 Å². The van der Waals surface area contributed by atoms with Crippen LogP contribution in [0.25, 0.3) is 0 Å². The summed E-state index contributed by atoms with van der Waals surface area (Å²) in [6, 6.07) is 6.43. The van der Waals surface area contributed by atoms with Gasteiger partial charge in [0.05, 0.1) is 6.04 Å². The fraction of sp³-hybridized carbons (Fsp3) is 0.500. The number of benzene rings is 1. The first-order chi connectivity index (χ1) is 8.40. The monoisotopic (exact) mass is 252 g/mol. The molecule has 0 aromatic heterocycles. The largest absolute Gasteiger partial charge is 0.347 e. The van der Waals surface area contributed by atoms with Gasteiger partial charge in [0.25, 0.3) is 0 Å². The molecule has 0 radical (unpaired) electrons.